The summed E-state index contributed by atoms with van der Waals surface area (Å²) in [6.45, 7) is 12.7. The third kappa shape index (κ3) is 3.93. The minimum atomic E-state index is -0.0900. The largest absolute Gasteiger partial charge is 0.299 e. The molecule has 0 aromatic rings. The summed E-state index contributed by atoms with van der Waals surface area (Å²) in [6, 6.07) is 0. The van der Waals surface area contributed by atoms with E-state index < -0.39 is 0 Å². The molecule has 0 atom stereocenters. The van der Waals surface area contributed by atoms with Crippen LogP contribution in [0, 0.1) is 10.8 Å². The summed E-state index contributed by atoms with van der Waals surface area (Å²) in [5.74, 6) is 0.421. The van der Waals surface area contributed by atoms with Crippen LogP contribution in [0.4, 0.5) is 0 Å². The quantitative estimate of drug-likeness (QED) is 0.649. The lowest BCUT2D eigenvalue weighted by Crippen LogP contribution is -2.29. The van der Waals surface area contributed by atoms with Crippen molar-refractivity contribution in [2.24, 2.45) is 10.8 Å². The maximum atomic E-state index is 11.9. The van der Waals surface area contributed by atoms with Gasteiger partial charge in [-0.15, -0.1) is 0 Å². The maximum absolute atomic E-state index is 11.9. The first kappa shape index (κ1) is 12.7. The topological polar surface area (TPSA) is 17.1 Å². The molecule has 0 heterocycles. The summed E-state index contributed by atoms with van der Waals surface area (Å²) in [7, 11) is 0. The van der Waals surface area contributed by atoms with E-state index in [0.29, 0.717) is 12.2 Å². The lowest BCUT2D eigenvalue weighted by atomic mass is 9.74. The van der Waals surface area contributed by atoms with Crippen LogP contribution in [0.15, 0.2) is 0 Å². The zero-order chi connectivity index (χ0) is 10.7. The average molecular weight is 184 g/mol. The van der Waals surface area contributed by atoms with Gasteiger partial charge in [0.2, 0.25) is 0 Å². The van der Waals surface area contributed by atoms with Gasteiger partial charge in [-0.05, 0) is 18.3 Å². The Morgan fingerprint density at radius 3 is 1.62 bits per heavy atom. The van der Waals surface area contributed by atoms with Crippen molar-refractivity contribution in [3.8, 4) is 0 Å². The van der Waals surface area contributed by atoms with Crippen LogP contribution in [-0.2, 0) is 4.79 Å². The van der Waals surface area contributed by atoms with E-state index in [0.717, 1.165) is 12.8 Å². The summed E-state index contributed by atoms with van der Waals surface area (Å²) >= 11 is 0. The zero-order valence-electron chi connectivity index (χ0n) is 10.0. The normalized spacial score (nSPS) is 13.1. The fourth-order valence-electron chi connectivity index (χ4n) is 1.34. The predicted octanol–water partition coefficient (Wildman–Crippen LogP) is 3.82. The Hall–Kier alpha value is -0.330. The van der Waals surface area contributed by atoms with E-state index in [2.05, 4.69) is 41.5 Å². The highest BCUT2D eigenvalue weighted by Crippen LogP contribution is 2.32. The molecule has 78 valence electrons. The molecule has 0 aromatic heterocycles. The first-order valence-electron chi connectivity index (χ1n) is 5.28. The minimum Gasteiger partial charge on any atom is -0.299 e. The molecule has 0 aliphatic rings. The van der Waals surface area contributed by atoms with E-state index in [4.69, 9.17) is 0 Å². The van der Waals surface area contributed by atoms with E-state index in [1.54, 1.807) is 0 Å². The number of Topliss-reactive ketones (excluding diaryl/α,β-unsaturated/α-hetero) is 1. The number of rotatable bonds is 4. The van der Waals surface area contributed by atoms with Crippen LogP contribution < -0.4 is 0 Å². The van der Waals surface area contributed by atoms with Gasteiger partial charge in [0.05, 0.1) is 0 Å². The molecule has 0 spiro atoms. The molecule has 0 radical (unpaired) electrons. The molecule has 0 N–H and O–H groups in total. The molecule has 0 rings (SSSR count). The van der Waals surface area contributed by atoms with Crippen molar-refractivity contribution in [3.63, 3.8) is 0 Å². The highest BCUT2D eigenvalue weighted by Gasteiger charge is 2.31. The Morgan fingerprint density at radius 2 is 1.38 bits per heavy atom. The summed E-state index contributed by atoms with van der Waals surface area (Å²) in [6.07, 6.45) is 2.61. The molecule has 1 heteroatoms. The summed E-state index contributed by atoms with van der Waals surface area (Å²) in [5.41, 5.74) is 0.0377. The van der Waals surface area contributed by atoms with Crippen molar-refractivity contribution in [1.29, 1.82) is 0 Å². The maximum Gasteiger partial charge on any atom is 0.139 e. The van der Waals surface area contributed by atoms with E-state index in [-0.39, 0.29) is 10.8 Å². The van der Waals surface area contributed by atoms with Gasteiger partial charge < -0.3 is 0 Å². The summed E-state index contributed by atoms with van der Waals surface area (Å²) < 4.78 is 0. The molecular formula is C12H24O. The van der Waals surface area contributed by atoms with Gasteiger partial charge in [0, 0.05) is 11.8 Å². The van der Waals surface area contributed by atoms with Crippen molar-refractivity contribution in [3.05, 3.63) is 0 Å². The van der Waals surface area contributed by atoms with E-state index in [1.807, 2.05) is 0 Å². The fraction of sp³-hybridized carbons (Fsp3) is 0.917. The molecule has 0 fully saturated rings. The average Bonchev–Trinajstić information content (AvgIpc) is 2.00. The Bertz CT molecular complexity index is 170. The number of ketones is 1. The van der Waals surface area contributed by atoms with Crippen molar-refractivity contribution >= 4 is 5.78 Å². The molecule has 0 bridgehead atoms. The Morgan fingerprint density at radius 1 is 1.00 bits per heavy atom. The predicted molar refractivity (Wildman–Crippen MR) is 57.8 cm³/mol. The Labute approximate surface area is 82.9 Å². The highest BCUT2D eigenvalue weighted by molar-refractivity contribution is 5.84. The van der Waals surface area contributed by atoms with Crippen LogP contribution in [-0.4, -0.2) is 5.78 Å². The third-order valence-electron chi connectivity index (χ3n) is 2.92. The highest BCUT2D eigenvalue weighted by atomic mass is 16.1. The van der Waals surface area contributed by atoms with E-state index in [9.17, 15) is 4.79 Å². The molecule has 0 saturated carbocycles. The van der Waals surface area contributed by atoms with Gasteiger partial charge in [-0.1, -0.05) is 41.5 Å². The first-order chi connectivity index (χ1) is 5.75. The van der Waals surface area contributed by atoms with Crippen LogP contribution in [0.25, 0.3) is 0 Å². The van der Waals surface area contributed by atoms with Crippen molar-refractivity contribution in [1.82, 2.24) is 0 Å². The molecular weight excluding hydrogens is 160 g/mol. The SMILES string of the molecule is CCC(C)(CC)C(=O)CC(C)(C)C. The molecule has 0 saturated heterocycles. The van der Waals surface area contributed by atoms with Crippen molar-refractivity contribution in [2.45, 2.75) is 60.8 Å². The molecule has 0 aliphatic heterocycles. The molecule has 0 amide bonds. The number of carbonyl (C=O) groups excluding carboxylic acids is 1. The second-order valence-electron chi connectivity index (χ2n) is 5.43. The molecule has 0 unspecified atom stereocenters. The first-order valence-corrected chi connectivity index (χ1v) is 5.28. The summed E-state index contributed by atoms with van der Waals surface area (Å²) in [4.78, 5) is 11.9. The molecule has 0 aromatic carbocycles. The Balaban J connectivity index is 4.41. The number of hydrogen-bond donors (Lipinski definition) is 0. The van der Waals surface area contributed by atoms with Gasteiger partial charge in [0.1, 0.15) is 5.78 Å². The van der Waals surface area contributed by atoms with E-state index in [1.165, 1.54) is 0 Å². The number of carbonyl (C=O) groups is 1. The van der Waals surface area contributed by atoms with Crippen molar-refractivity contribution < 1.29 is 4.79 Å². The van der Waals surface area contributed by atoms with E-state index >= 15 is 0 Å². The zero-order valence-corrected chi connectivity index (χ0v) is 10.0. The van der Waals surface area contributed by atoms with Crippen LogP contribution in [0.3, 0.4) is 0 Å². The third-order valence-corrected chi connectivity index (χ3v) is 2.92. The van der Waals surface area contributed by atoms with Crippen molar-refractivity contribution in [2.75, 3.05) is 0 Å². The molecule has 13 heavy (non-hydrogen) atoms. The fourth-order valence-corrected chi connectivity index (χ4v) is 1.34. The molecule has 0 aliphatic carbocycles. The molecule has 1 nitrogen and oxygen atoms in total. The monoisotopic (exact) mass is 184 g/mol. The van der Waals surface area contributed by atoms with Gasteiger partial charge in [0.15, 0.2) is 0 Å². The number of hydrogen-bond acceptors (Lipinski definition) is 1. The van der Waals surface area contributed by atoms with Gasteiger partial charge in [-0.25, -0.2) is 0 Å². The smallest absolute Gasteiger partial charge is 0.139 e. The van der Waals surface area contributed by atoms with Crippen LogP contribution >= 0.6 is 0 Å². The second-order valence-corrected chi connectivity index (χ2v) is 5.43. The lowest BCUT2D eigenvalue weighted by Gasteiger charge is -2.28. The van der Waals surface area contributed by atoms with Gasteiger partial charge in [-0.2, -0.15) is 0 Å². The van der Waals surface area contributed by atoms with Crippen LogP contribution in [0.1, 0.15) is 60.8 Å². The lowest BCUT2D eigenvalue weighted by molar-refractivity contribution is -0.130. The Kier molecular flexibility index (Phi) is 4.15. The van der Waals surface area contributed by atoms with Gasteiger partial charge >= 0.3 is 0 Å². The second kappa shape index (κ2) is 4.26. The van der Waals surface area contributed by atoms with Gasteiger partial charge in [-0.3, -0.25) is 4.79 Å². The van der Waals surface area contributed by atoms with Crippen LogP contribution in [0.2, 0.25) is 0 Å². The standard InChI is InChI=1S/C12H24O/c1-7-12(6,8-2)10(13)9-11(3,4)5/h7-9H2,1-6H3. The van der Waals surface area contributed by atoms with Crippen LogP contribution in [0.5, 0.6) is 0 Å². The van der Waals surface area contributed by atoms with Gasteiger partial charge in [0.25, 0.3) is 0 Å². The summed E-state index contributed by atoms with van der Waals surface area (Å²) in [5, 5.41) is 0. The minimum absolute atomic E-state index is 0.0900.